The van der Waals surface area contributed by atoms with Crippen LogP contribution in [0.5, 0.6) is 0 Å². The zero-order valence-corrected chi connectivity index (χ0v) is 21.7. The lowest BCUT2D eigenvalue weighted by Gasteiger charge is -2.14. The molecule has 1 amide bonds. The normalized spacial score (nSPS) is 12.2. The van der Waals surface area contributed by atoms with Crippen molar-refractivity contribution < 1.29 is 23.9 Å². The smallest absolute Gasteiger partial charge is 0.408 e. The number of alkyl carbamates (subject to hydrolysis) is 1. The Labute approximate surface area is 227 Å². The second-order valence-electron chi connectivity index (χ2n) is 8.71. The molecule has 1 aromatic heterocycles. The lowest BCUT2D eigenvalue weighted by Crippen LogP contribution is -2.41. The van der Waals surface area contributed by atoms with Crippen LogP contribution in [0.25, 0.3) is 10.9 Å². The highest BCUT2D eigenvalue weighted by Gasteiger charge is 2.23. The van der Waals surface area contributed by atoms with Crippen molar-refractivity contribution in [2.45, 2.75) is 38.6 Å². The van der Waals surface area contributed by atoms with E-state index in [2.05, 4.69) is 5.32 Å². The zero-order valence-electron chi connectivity index (χ0n) is 20.9. The van der Waals surface area contributed by atoms with E-state index in [1.165, 1.54) is 4.57 Å². The van der Waals surface area contributed by atoms with E-state index in [0.29, 0.717) is 5.52 Å². The number of amides is 1. The van der Waals surface area contributed by atoms with Gasteiger partial charge in [0.1, 0.15) is 25.3 Å². The molecule has 3 N–H and O–H groups in total. The van der Waals surface area contributed by atoms with E-state index in [1.54, 1.807) is 19.2 Å². The van der Waals surface area contributed by atoms with Crippen LogP contribution in [0.15, 0.2) is 91.1 Å². The van der Waals surface area contributed by atoms with Crippen molar-refractivity contribution in [3.05, 3.63) is 108 Å². The van der Waals surface area contributed by atoms with Gasteiger partial charge < -0.3 is 20.5 Å². The molecule has 8 nitrogen and oxygen atoms in total. The van der Waals surface area contributed by atoms with Crippen molar-refractivity contribution >= 4 is 41.3 Å². The molecule has 0 unspecified atom stereocenters. The molecule has 0 aliphatic heterocycles. The minimum Gasteiger partial charge on any atom is -0.460 e. The van der Waals surface area contributed by atoms with E-state index < -0.39 is 24.1 Å². The van der Waals surface area contributed by atoms with Crippen LogP contribution < -0.4 is 11.1 Å². The molecule has 0 radical (unpaired) electrons. The van der Waals surface area contributed by atoms with Gasteiger partial charge in [-0.3, -0.25) is 14.2 Å². The van der Waals surface area contributed by atoms with E-state index in [9.17, 15) is 14.4 Å². The number of rotatable bonds is 9. The summed E-state index contributed by atoms with van der Waals surface area (Å²) >= 11 is 0. The molecule has 1 heterocycles. The summed E-state index contributed by atoms with van der Waals surface area (Å²) in [5.74, 6) is -0.873. The maximum absolute atomic E-state index is 13.2. The third-order valence-corrected chi connectivity index (χ3v) is 5.92. The standard InChI is InChI=1S/C29H29N3O5.ClH/c1-20(31-29(35)37-19-22-12-6-3-7-13-22)27(33)32-17-23(24-14-8-9-15-26(24)32)16-25(30)28(34)36-18-21-10-4-2-5-11-21;/h2-15,17,20,25H,16,18-19,30H2,1H3,(H,31,35);1H/t20-,25-;/m0./s1. The lowest BCUT2D eigenvalue weighted by molar-refractivity contribution is -0.146. The number of nitrogens with zero attached hydrogens (tertiary/aromatic N) is 1. The van der Waals surface area contributed by atoms with E-state index in [0.717, 1.165) is 22.1 Å². The number of benzene rings is 3. The Balaban J connectivity index is 0.00000400. The number of fused-ring (bicyclic) bond motifs is 1. The van der Waals surface area contributed by atoms with Crippen LogP contribution in [0.1, 0.15) is 28.4 Å². The number of nitrogens with one attached hydrogen (secondary N) is 1. The largest absolute Gasteiger partial charge is 0.460 e. The second kappa shape index (κ2) is 13.4. The molecule has 0 bridgehead atoms. The number of hydrogen-bond donors (Lipinski definition) is 2. The fourth-order valence-electron chi connectivity index (χ4n) is 3.96. The van der Waals surface area contributed by atoms with Gasteiger partial charge in [0.15, 0.2) is 0 Å². The molecule has 0 fully saturated rings. The van der Waals surface area contributed by atoms with Gasteiger partial charge in [-0.05, 0) is 29.7 Å². The molecule has 4 aromatic rings. The quantitative estimate of drug-likeness (QED) is 0.302. The number of hydrogen-bond acceptors (Lipinski definition) is 6. The van der Waals surface area contributed by atoms with E-state index in [4.69, 9.17) is 15.2 Å². The van der Waals surface area contributed by atoms with Crippen LogP contribution in [0.3, 0.4) is 0 Å². The molecule has 9 heteroatoms. The van der Waals surface area contributed by atoms with Crippen molar-refractivity contribution in [3.8, 4) is 0 Å². The number of para-hydroxylation sites is 1. The van der Waals surface area contributed by atoms with Crippen LogP contribution in [-0.4, -0.2) is 34.6 Å². The molecule has 0 spiro atoms. The Morgan fingerprint density at radius 1 is 0.842 bits per heavy atom. The summed E-state index contributed by atoms with van der Waals surface area (Å²) in [4.78, 5) is 38.0. The predicted octanol–water partition coefficient (Wildman–Crippen LogP) is 4.63. The topological polar surface area (TPSA) is 113 Å². The molecule has 3 aromatic carbocycles. The average Bonchev–Trinajstić information content (AvgIpc) is 3.29. The first-order valence-electron chi connectivity index (χ1n) is 12.0. The van der Waals surface area contributed by atoms with Gasteiger partial charge in [-0.2, -0.15) is 0 Å². The van der Waals surface area contributed by atoms with Crippen molar-refractivity contribution in [2.24, 2.45) is 5.73 Å². The highest BCUT2D eigenvalue weighted by molar-refractivity contribution is 5.97. The van der Waals surface area contributed by atoms with Gasteiger partial charge in [-0.1, -0.05) is 78.9 Å². The fraction of sp³-hybridized carbons (Fsp3) is 0.207. The van der Waals surface area contributed by atoms with Gasteiger partial charge >= 0.3 is 12.1 Å². The number of carbonyl (C=O) groups excluding carboxylic acids is 3. The minimum atomic E-state index is -0.901. The van der Waals surface area contributed by atoms with Crippen molar-refractivity contribution in [3.63, 3.8) is 0 Å². The Morgan fingerprint density at radius 3 is 2.03 bits per heavy atom. The molecule has 0 aliphatic rings. The molecule has 0 saturated carbocycles. The van der Waals surface area contributed by atoms with Crippen LogP contribution >= 0.6 is 12.4 Å². The lowest BCUT2D eigenvalue weighted by atomic mass is 10.1. The van der Waals surface area contributed by atoms with Crippen molar-refractivity contribution in [1.29, 1.82) is 0 Å². The number of carbonyl (C=O) groups is 3. The van der Waals surface area contributed by atoms with E-state index in [1.807, 2.05) is 78.9 Å². The van der Waals surface area contributed by atoms with Gasteiger partial charge in [0.05, 0.1) is 5.52 Å². The van der Waals surface area contributed by atoms with Gasteiger partial charge in [-0.25, -0.2) is 4.79 Å². The van der Waals surface area contributed by atoms with Crippen LogP contribution in [0.4, 0.5) is 4.79 Å². The summed E-state index contributed by atoms with van der Waals surface area (Å²) in [5, 5.41) is 3.38. The first kappa shape index (κ1) is 28.4. The molecule has 198 valence electrons. The summed E-state index contributed by atoms with van der Waals surface area (Å²) in [6.07, 6.45) is 1.16. The SMILES string of the molecule is C[C@H](NC(=O)OCc1ccccc1)C(=O)n1cc(C[C@H](N)C(=O)OCc2ccccc2)c2ccccc21.Cl. The van der Waals surface area contributed by atoms with Crippen LogP contribution in [0.2, 0.25) is 0 Å². The first-order chi connectivity index (χ1) is 17.9. The van der Waals surface area contributed by atoms with Gasteiger partial charge in [0, 0.05) is 18.0 Å². The first-order valence-corrected chi connectivity index (χ1v) is 12.0. The molecular formula is C29H30ClN3O5. The molecule has 0 saturated heterocycles. The number of nitrogens with two attached hydrogens (primary N) is 1. The molecule has 4 rings (SSSR count). The fourth-order valence-corrected chi connectivity index (χ4v) is 3.96. The zero-order chi connectivity index (χ0) is 26.2. The maximum Gasteiger partial charge on any atom is 0.408 e. The summed E-state index contributed by atoms with van der Waals surface area (Å²) in [7, 11) is 0. The average molecular weight is 536 g/mol. The third kappa shape index (κ3) is 7.21. The van der Waals surface area contributed by atoms with Gasteiger partial charge in [0.25, 0.3) is 5.91 Å². The van der Waals surface area contributed by atoms with E-state index >= 15 is 0 Å². The van der Waals surface area contributed by atoms with E-state index in [-0.39, 0.29) is 37.9 Å². The Hall–Kier alpha value is -4.14. The Bertz CT molecular complexity index is 1380. The number of esters is 1. The van der Waals surface area contributed by atoms with Crippen molar-refractivity contribution in [2.75, 3.05) is 0 Å². The second-order valence-corrected chi connectivity index (χ2v) is 8.71. The van der Waals surface area contributed by atoms with Crippen LogP contribution in [0, 0.1) is 0 Å². The van der Waals surface area contributed by atoms with Crippen molar-refractivity contribution in [1.82, 2.24) is 9.88 Å². The van der Waals surface area contributed by atoms with Gasteiger partial charge in [0.2, 0.25) is 0 Å². The van der Waals surface area contributed by atoms with Gasteiger partial charge in [-0.15, -0.1) is 12.4 Å². The van der Waals surface area contributed by atoms with Crippen LogP contribution in [-0.2, 0) is 33.9 Å². The minimum absolute atomic E-state index is 0. The summed E-state index contributed by atoms with van der Waals surface area (Å²) in [5.41, 5.74) is 9.25. The number of ether oxygens (including phenoxy) is 2. The Kier molecular flexibility index (Phi) is 10.0. The highest BCUT2D eigenvalue weighted by Crippen LogP contribution is 2.23. The number of aromatic nitrogens is 1. The summed E-state index contributed by atoms with van der Waals surface area (Å²) < 4.78 is 12.1. The molecule has 38 heavy (non-hydrogen) atoms. The third-order valence-electron chi connectivity index (χ3n) is 5.92. The predicted molar refractivity (Wildman–Crippen MR) is 147 cm³/mol. The summed E-state index contributed by atoms with van der Waals surface area (Å²) in [6, 6.07) is 24.2. The monoisotopic (exact) mass is 535 g/mol. The molecular weight excluding hydrogens is 506 g/mol. The highest BCUT2D eigenvalue weighted by atomic mass is 35.5. The molecule has 0 aliphatic carbocycles. The summed E-state index contributed by atoms with van der Waals surface area (Å²) in [6.45, 7) is 1.83. The number of halogens is 1. The Morgan fingerprint density at radius 2 is 1.39 bits per heavy atom. The maximum atomic E-state index is 13.2. The molecule has 2 atom stereocenters.